The van der Waals surface area contributed by atoms with E-state index in [2.05, 4.69) is 15.1 Å². The summed E-state index contributed by atoms with van der Waals surface area (Å²) in [5.74, 6) is 4.73. The van der Waals surface area contributed by atoms with Gasteiger partial charge in [-0.2, -0.15) is 0 Å². The topological polar surface area (TPSA) is 97.1 Å². The van der Waals surface area contributed by atoms with Crippen molar-refractivity contribution in [1.82, 2.24) is 4.98 Å². The van der Waals surface area contributed by atoms with Gasteiger partial charge in [0.1, 0.15) is 16.5 Å². The zero-order valence-corrected chi connectivity index (χ0v) is 10.5. The average molecular weight is 282 g/mol. The van der Waals surface area contributed by atoms with Gasteiger partial charge in [0, 0.05) is 0 Å². The second-order valence-corrected chi connectivity index (χ2v) is 5.26. The Balaban J connectivity index is 2.35. The third-order valence-corrected chi connectivity index (χ3v) is 3.71. The molecule has 0 bridgehead atoms. The van der Waals surface area contributed by atoms with E-state index < -0.39 is 15.8 Å². The van der Waals surface area contributed by atoms with Gasteiger partial charge in [-0.25, -0.2) is 17.8 Å². The number of rotatable bonds is 4. The van der Waals surface area contributed by atoms with Gasteiger partial charge in [0.25, 0.3) is 10.0 Å². The van der Waals surface area contributed by atoms with Crippen molar-refractivity contribution in [1.29, 1.82) is 0 Å². The highest BCUT2D eigenvalue weighted by Gasteiger charge is 2.18. The van der Waals surface area contributed by atoms with Crippen LogP contribution in [0.15, 0.2) is 47.5 Å². The summed E-state index contributed by atoms with van der Waals surface area (Å²) in [4.78, 5) is 3.60. The van der Waals surface area contributed by atoms with Gasteiger partial charge in [-0.05, 0) is 24.3 Å². The fourth-order valence-electron chi connectivity index (χ4n) is 1.45. The molecule has 0 unspecified atom stereocenters. The highest BCUT2D eigenvalue weighted by atomic mass is 32.2. The second kappa shape index (κ2) is 5.21. The number of aromatic nitrogens is 1. The van der Waals surface area contributed by atoms with Crippen LogP contribution in [-0.2, 0) is 10.0 Å². The lowest BCUT2D eigenvalue weighted by Crippen LogP contribution is -2.18. The summed E-state index contributed by atoms with van der Waals surface area (Å²) in [6.45, 7) is 0. The molecule has 0 amide bonds. The number of hydrogen-bond donors (Lipinski definition) is 3. The van der Waals surface area contributed by atoms with Crippen LogP contribution in [-0.4, -0.2) is 13.4 Å². The van der Waals surface area contributed by atoms with Crippen LogP contribution < -0.4 is 16.0 Å². The zero-order valence-electron chi connectivity index (χ0n) is 9.67. The van der Waals surface area contributed by atoms with E-state index in [4.69, 9.17) is 5.84 Å². The molecule has 0 fully saturated rings. The molecular weight excluding hydrogens is 271 g/mol. The summed E-state index contributed by atoms with van der Waals surface area (Å²) in [5.41, 5.74) is 2.54. The summed E-state index contributed by atoms with van der Waals surface area (Å²) >= 11 is 0. The van der Waals surface area contributed by atoms with Crippen LogP contribution >= 0.6 is 0 Å². The number of hydrazine groups is 1. The van der Waals surface area contributed by atoms with E-state index in [0.29, 0.717) is 0 Å². The van der Waals surface area contributed by atoms with Gasteiger partial charge in [0.05, 0.1) is 11.9 Å². The standard InChI is InChI=1S/C11H11FN4O2S/c12-8-5-6-11(14-7-8)16-19(17,18)10-4-2-1-3-9(10)15-13/h1-7,15H,13H2,(H,14,16). The molecule has 1 aromatic heterocycles. The minimum absolute atomic E-state index is 0.0215. The maximum absolute atomic E-state index is 12.7. The minimum atomic E-state index is -3.85. The number of halogens is 1. The van der Waals surface area contributed by atoms with Crippen LogP contribution in [0, 0.1) is 5.82 Å². The van der Waals surface area contributed by atoms with Gasteiger partial charge >= 0.3 is 0 Å². The SMILES string of the molecule is NNc1ccccc1S(=O)(=O)Nc1ccc(F)cn1. The normalized spacial score (nSPS) is 11.1. The Kier molecular flexibility index (Phi) is 3.63. The first-order valence-electron chi connectivity index (χ1n) is 5.23. The fourth-order valence-corrected chi connectivity index (χ4v) is 2.63. The molecule has 4 N–H and O–H groups in total. The molecule has 0 atom stereocenters. The van der Waals surface area contributed by atoms with E-state index >= 15 is 0 Å². The Morgan fingerprint density at radius 2 is 1.89 bits per heavy atom. The Morgan fingerprint density at radius 3 is 2.53 bits per heavy atom. The second-order valence-electron chi connectivity index (χ2n) is 3.61. The van der Waals surface area contributed by atoms with Gasteiger partial charge in [0.2, 0.25) is 0 Å². The molecule has 0 aliphatic rings. The van der Waals surface area contributed by atoms with E-state index in [9.17, 15) is 12.8 Å². The lowest BCUT2D eigenvalue weighted by atomic mass is 10.3. The number of pyridine rings is 1. The van der Waals surface area contributed by atoms with Crippen molar-refractivity contribution in [2.24, 2.45) is 5.84 Å². The van der Waals surface area contributed by atoms with Gasteiger partial charge < -0.3 is 5.43 Å². The van der Waals surface area contributed by atoms with Crippen molar-refractivity contribution in [3.05, 3.63) is 48.4 Å². The fraction of sp³-hybridized carbons (Fsp3) is 0. The predicted octanol–water partition coefficient (Wildman–Crippen LogP) is 1.31. The van der Waals surface area contributed by atoms with Crippen LogP contribution in [0.4, 0.5) is 15.9 Å². The highest BCUT2D eigenvalue weighted by Crippen LogP contribution is 2.21. The molecule has 0 aliphatic carbocycles. The lowest BCUT2D eigenvalue weighted by molar-refractivity contribution is 0.600. The smallest absolute Gasteiger partial charge is 0.265 e. The first-order valence-corrected chi connectivity index (χ1v) is 6.71. The first-order chi connectivity index (χ1) is 9.03. The van der Waals surface area contributed by atoms with Crippen LogP contribution in [0.2, 0.25) is 0 Å². The predicted molar refractivity (Wildman–Crippen MR) is 69.3 cm³/mol. The monoisotopic (exact) mass is 282 g/mol. The minimum Gasteiger partial charge on any atom is -0.323 e. The molecule has 0 aliphatic heterocycles. The summed E-state index contributed by atoms with van der Waals surface area (Å²) in [7, 11) is -3.85. The van der Waals surface area contributed by atoms with E-state index in [-0.39, 0.29) is 16.4 Å². The van der Waals surface area contributed by atoms with Gasteiger partial charge in [-0.3, -0.25) is 10.6 Å². The maximum Gasteiger partial charge on any atom is 0.265 e. The summed E-state index contributed by atoms with van der Waals surface area (Å²) < 4.78 is 39.2. The number of nitrogen functional groups attached to an aromatic ring is 1. The molecule has 100 valence electrons. The number of anilines is 2. The van der Waals surface area contributed by atoms with Crippen LogP contribution in [0.5, 0.6) is 0 Å². The number of hydrogen-bond acceptors (Lipinski definition) is 5. The van der Waals surface area contributed by atoms with Gasteiger partial charge in [0.15, 0.2) is 0 Å². The largest absolute Gasteiger partial charge is 0.323 e. The molecule has 0 saturated carbocycles. The lowest BCUT2D eigenvalue weighted by Gasteiger charge is -2.10. The molecule has 2 aromatic rings. The van der Waals surface area contributed by atoms with Crippen molar-refractivity contribution >= 4 is 21.5 Å². The van der Waals surface area contributed by atoms with Crippen molar-refractivity contribution in [3.8, 4) is 0 Å². The number of benzene rings is 1. The number of sulfonamides is 1. The van der Waals surface area contributed by atoms with Crippen LogP contribution in [0.25, 0.3) is 0 Å². The number of nitrogens with one attached hydrogen (secondary N) is 2. The molecule has 6 nitrogen and oxygen atoms in total. The van der Waals surface area contributed by atoms with E-state index in [0.717, 1.165) is 12.3 Å². The molecular formula is C11H11FN4O2S. The molecule has 0 radical (unpaired) electrons. The Labute approximate surface area is 109 Å². The van der Waals surface area contributed by atoms with Gasteiger partial charge in [-0.15, -0.1) is 0 Å². The van der Waals surface area contributed by atoms with Gasteiger partial charge in [-0.1, -0.05) is 12.1 Å². The molecule has 0 spiro atoms. The summed E-state index contributed by atoms with van der Waals surface area (Å²) in [6, 6.07) is 8.45. The first kappa shape index (κ1) is 13.2. The molecule has 1 heterocycles. The molecule has 0 saturated heterocycles. The summed E-state index contributed by atoms with van der Waals surface area (Å²) in [6.07, 6.45) is 0.922. The Morgan fingerprint density at radius 1 is 1.16 bits per heavy atom. The molecule has 2 rings (SSSR count). The number of nitrogens with zero attached hydrogens (tertiary/aromatic N) is 1. The molecule has 19 heavy (non-hydrogen) atoms. The number of para-hydroxylation sites is 1. The molecule has 1 aromatic carbocycles. The zero-order chi connectivity index (χ0) is 13.9. The van der Waals surface area contributed by atoms with Crippen molar-refractivity contribution < 1.29 is 12.8 Å². The quantitative estimate of drug-likeness (QED) is 0.580. The molecule has 8 heteroatoms. The van der Waals surface area contributed by atoms with E-state index in [1.165, 1.54) is 18.2 Å². The van der Waals surface area contributed by atoms with Crippen molar-refractivity contribution in [2.45, 2.75) is 4.90 Å². The van der Waals surface area contributed by atoms with Crippen molar-refractivity contribution in [3.63, 3.8) is 0 Å². The summed E-state index contributed by atoms with van der Waals surface area (Å²) in [5, 5.41) is 0. The van der Waals surface area contributed by atoms with Crippen LogP contribution in [0.1, 0.15) is 0 Å². The van der Waals surface area contributed by atoms with Crippen LogP contribution in [0.3, 0.4) is 0 Å². The Hall–Kier alpha value is -2.19. The van der Waals surface area contributed by atoms with E-state index in [1.54, 1.807) is 12.1 Å². The Bertz CT molecular complexity index is 673. The van der Waals surface area contributed by atoms with E-state index in [1.807, 2.05) is 0 Å². The van der Waals surface area contributed by atoms with Crippen molar-refractivity contribution in [2.75, 3.05) is 10.1 Å². The average Bonchev–Trinajstić information content (AvgIpc) is 2.41. The third-order valence-electron chi connectivity index (χ3n) is 2.30. The maximum atomic E-state index is 12.7. The number of nitrogens with two attached hydrogens (primary N) is 1. The third kappa shape index (κ3) is 2.98. The highest BCUT2D eigenvalue weighted by molar-refractivity contribution is 7.92.